The number of carbonyl (C=O) groups is 3. The van der Waals surface area contributed by atoms with Gasteiger partial charge in [-0.25, -0.2) is 4.79 Å². The lowest BCUT2D eigenvalue weighted by molar-refractivity contribution is -0.141. The van der Waals surface area contributed by atoms with Gasteiger partial charge in [0.25, 0.3) is 0 Å². The Labute approximate surface area is 173 Å². The number of hydrogen-bond donors (Lipinski definition) is 5. The number of nitrogens with one attached hydrogen (secondary N) is 3. The van der Waals surface area contributed by atoms with Crippen LogP contribution in [0.2, 0.25) is 0 Å². The summed E-state index contributed by atoms with van der Waals surface area (Å²) in [5.74, 6) is -2.22. The van der Waals surface area contributed by atoms with Crippen molar-refractivity contribution in [2.45, 2.75) is 24.9 Å². The fourth-order valence-corrected chi connectivity index (χ4v) is 3.22. The zero-order valence-electron chi connectivity index (χ0n) is 16.3. The number of amides is 2. The molecule has 0 aliphatic rings. The molecule has 0 aliphatic carbocycles. The summed E-state index contributed by atoms with van der Waals surface area (Å²) in [4.78, 5) is 39.0. The van der Waals surface area contributed by atoms with Gasteiger partial charge < -0.3 is 26.5 Å². The van der Waals surface area contributed by atoms with Gasteiger partial charge in [-0.2, -0.15) is 0 Å². The Kier molecular flexibility index (Phi) is 6.82. The molecule has 1 aromatic heterocycles. The Morgan fingerprint density at radius 1 is 1.00 bits per heavy atom. The highest BCUT2D eigenvalue weighted by Crippen LogP contribution is 2.18. The summed E-state index contributed by atoms with van der Waals surface area (Å²) in [6.45, 7) is -0.348. The van der Waals surface area contributed by atoms with E-state index in [9.17, 15) is 19.5 Å². The van der Waals surface area contributed by atoms with Crippen LogP contribution in [0, 0.1) is 0 Å². The van der Waals surface area contributed by atoms with Gasteiger partial charge in [0.15, 0.2) is 0 Å². The number of carboxylic acid groups (broad SMARTS) is 1. The molecule has 156 valence electrons. The zero-order chi connectivity index (χ0) is 21.5. The summed E-state index contributed by atoms with van der Waals surface area (Å²) < 4.78 is 0. The molecule has 3 aromatic rings. The van der Waals surface area contributed by atoms with Crippen molar-refractivity contribution < 1.29 is 19.5 Å². The van der Waals surface area contributed by atoms with Gasteiger partial charge in [0.2, 0.25) is 11.8 Å². The summed E-state index contributed by atoms with van der Waals surface area (Å²) in [5.41, 5.74) is 8.64. The van der Waals surface area contributed by atoms with Crippen molar-refractivity contribution in [3.8, 4) is 0 Å². The Bertz CT molecular complexity index is 1030. The van der Waals surface area contributed by atoms with Crippen molar-refractivity contribution in [1.29, 1.82) is 0 Å². The van der Waals surface area contributed by atoms with E-state index >= 15 is 0 Å². The minimum absolute atomic E-state index is 0.149. The summed E-state index contributed by atoms with van der Waals surface area (Å²) in [6.07, 6.45) is 2.27. The van der Waals surface area contributed by atoms with Crippen LogP contribution in [-0.4, -0.2) is 46.5 Å². The number of aromatic amines is 1. The maximum Gasteiger partial charge on any atom is 0.326 e. The molecular weight excluding hydrogens is 384 g/mol. The summed E-state index contributed by atoms with van der Waals surface area (Å²) in [7, 11) is 0. The van der Waals surface area contributed by atoms with Crippen LogP contribution in [0.25, 0.3) is 10.9 Å². The second-order valence-electron chi connectivity index (χ2n) is 7.04. The molecule has 2 atom stereocenters. The van der Waals surface area contributed by atoms with E-state index in [4.69, 9.17) is 5.73 Å². The largest absolute Gasteiger partial charge is 0.480 e. The monoisotopic (exact) mass is 408 g/mol. The summed E-state index contributed by atoms with van der Waals surface area (Å²) in [6, 6.07) is 14.8. The van der Waals surface area contributed by atoms with Gasteiger partial charge in [0.05, 0.1) is 12.6 Å². The van der Waals surface area contributed by atoms with Crippen LogP contribution < -0.4 is 16.4 Å². The van der Waals surface area contributed by atoms with Crippen LogP contribution in [0.5, 0.6) is 0 Å². The first-order valence-electron chi connectivity index (χ1n) is 9.58. The normalized spacial score (nSPS) is 12.8. The van der Waals surface area contributed by atoms with Gasteiger partial charge in [-0.3, -0.25) is 9.59 Å². The number of hydrogen-bond acceptors (Lipinski definition) is 4. The van der Waals surface area contributed by atoms with E-state index in [0.29, 0.717) is 6.42 Å². The Hall–Kier alpha value is -3.65. The van der Waals surface area contributed by atoms with Crippen LogP contribution in [0.15, 0.2) is 60.8 Å². The number of rotatable bonds is 9. The molecule has 0 aliphatic heterocycles. The van der Waals surface area contributed by atoms with Gasteiger partial charge in [-0.05, 0) is 23.6 Å². The molecule has 6 N–H and O–H groups in total. The Balaban J connectivity index is 1.50. The number of carboxylic acids is 1. The number of aliphatic carboxylic acids is 1. The van der Waals surface area contributed by atoms with Crippen LogP contribution >= 0.6 is 0 Å². The van der Waals surface area contributed by atoms with Gasteiger partial charge >= 0.3 is 5.97 Å². The molecule has 2 unspecified atom stereocenters. The molecule has 0 radical (unpaired) electrons. The van der Waals surface area contributed by atoms with E-state index in [1.165, 1.54) is 0 Å². The van der Waals surface area contributed by atoms with E-state index in [0.717, 1.165) is 22.0 Å². The smallest absolute Gasteiger partial charge is 0.326 e. The molecule has 0 spiro atoms. The first-order chi connectivity index (χ1) is 14.4. The van der Waals surface area contributed by atoms with Gasteiger partial charge in [0.1, 0.15) is 6.04 Å². The predicted molar refractivity (Wildman–Crippen MR) is 113 cm³/mol. The van der Waals surface area contributed by atoms with E-state index in [1.54, 1.807) is 24.3 Å². The van der Waals surface area contributed by atoms with Gasteiger partial charge in [0, 0.05) is 23.5 Å². The number of benzene rings is 2. The highest BCUT2D eigenvalue weighted by Gasteiger charge is 2.22. The lowest BCUT2D eigenvalue weighted by Gasteiger charge is -2.16. The number of para-hydroxylation sites is 1. The molecule has 1 heterocycles. The topological polar surface area (TPSA) is 137 Å². The quantitative estimate of drug-likeness (QED) is 0.359. The number of carbonyl (C=O) groups excluding carboxylic acids is 2. The third kappa shape index (κ3) is 5.45. The highest BCUT2D eigenvalue weighted by atomic mass is 16.4. The molecular formula is C22H24N4O4. The first-order valence-corrected chi connectivity index (χ1v) is 9.58. The average Bonchev–Trinajstić information content (AvgIpc) is 3.15. The third-order valence-corrected chi connectivity index (χ3v) is 4.79. The molecule has 0 saturated heterocycles. The van der Waals surface area contributed by atoms with E-state index < -0.39 is 29.9 Å². The van der Waals surface area contributed by atoms with Crippen LogP contribution in [0.4, 0.5) is 0 Å². The second kappa shape index (κ2) is 9.71. The molecule has 2 amide bonds. The number of aromatic nitrogens is 1. The van der Waals surface area contributed by atoms with Crippen LogP contribution in [0.1, 0.15) is 11.1 Å². The lowest BCUT2D eigenvalue weighted by atomic mass is 10.1. The summed E-state index contributed by atoms with van der Waals surface area (Å²) >= 11 is 0. The lowest BCUT2D eigenvalue weighted by Crippen LogP contribution is -2.49. The van der Waals surface area contributed by atoms with Gasteiger partial charge in [-0.1, -0.05) is 48.5 Å². The molecule has 3 rings (SSSR count). The van der Waals surface area contributed by atoms with Crippen LogP contribution in [-0.2, 0) is 27.2 Å². The van der Waals surface area contributed by atoms with Crippen molar-refractivity contribution >= 4 is 28.7 Å². The van der Waals surface area contributed by atoms with Crippen molar-refractivity contribution in [3.63, 3.8) is 0 Å². The number of nitrogens with two attached hydrogens (primary N) is 1. The van der Waals surface area contributed by atoms with Gasteiger partial charge in [-0.15, -0.1) is 0 Å². The van der Waals surface area contributed by atoms with E-state index in [-0.39, 0.29) is 13.0 Å². The van der Waals surface area contributed by atoms with E-state index in [1.807, 2.05) is 36.5 Å². The fraction of sp³-hybridized carbons (Fsp3) is 0.227. The minimum atomic E-state index is -1.14. The van der Waals surface area contributed by atoms with Crippen molar-refractivity contribution in [2.24, 2.45) is 5.73 Å². The maximum atomic E-state index is 12.3. The predicted octanol–water partition coefficient (Wildman–Crippen LogP) is 0.966. The Morgan fingerprint density at radius 2 is 1.70 bits per heavy atom. The number of fused-ring (bicyclic) bond motifs is 1. The first kappa shape index (κ1) is 21.1. The molecule has 8 nitrogen and oxygen atoms in total. The molecule has 0 saturated carbocycles. The fourth-order valence-electron chi connectivity index (χ4n) is 3.22. The summed E-state index contributed by atoms with van der Waals surface area (Å²) in [5, 5.41) is 15.2. The molecule has 8 heteroatoms. The van der Waals surface area contributed by atoms with Crippen molar-refractivity contribution in [3.05, 3.63) is 71.9 Å². The second-order valence-corrected chi connectivity index (χ2v) is 7.04. The van der Waals surface area contributed by atoms with Crippen LogP contribution in [0.3, 0.4) is 0 Å². The van der Waals surface area contributed by atoms with Crippen molar-refractivity contribution in [2.75, 3.05) is 6.54 Å². The van der Waals surface area contributed by atoms with E-state index in [2.05, 4.69) is 15.6 Å². The molecule has 0 fully saturated rings. The third-order valence-electron chi connectivity index (χ3n) is 4.79. The average molecular weight is 408 g/mol. The zero-order valence-corrected chi connectivity index (χ0v) is 16.3. The molecule has 2 aromatic carbocycles. The SMILES string of the molecule is NC(Cc1c[nH]c2ccccc12)C(=O)NCC(=O)NC(Cc1ccccc1)C(=O)O. The highest BCUT2D eigenvalue weighted by molar-refractivity contribution is 5.90. The maximum absolute atomic E-state index is 12.3. The van der Waals surface area contributed by atoms with Crippen molar-refractivity contribution in [1.82, 2.24) is 15.6 Å². The minimum Gasteiger partial charge on any atom is -0.480 e. The number of H-pyrrole nitrogens is 1. The molecule has 30 heavy (non-hydrogen) atoms. The standard InChI is InChI=1S/C22H24N4O4/c23-17(11-15-12-24-18-9-5-4-8-16(15)18)21(28)25-13-20(27)26-19(22(29)30)10-14-6-2-1-3-7-14/h1-9,12,17,19,24H,10-11,13,23H2,(H,25,28)(H,26,27)(H,29,30). The molecule has 0 bridgehead atoms. The Morgan fingerprint density at radius 3 is 2.43 bits per heavy atom.